The summed E-state index contributed by atoms with van der Waals surface area (Å²) in [7, 11) is 1.51. The molecule has 4 aromatic carbocycles. The van der Waals surface area contributed by atoms with Gasteiger partial charge in [0.15, 0.2) is 11.5 Å². The van der Waals surface area contributed by atoms with Crippen LogP contribution in [0.5, 0.6) is 11.5 Å². The zero-order valence-electron chi connectivity index (χ0n) is 21.6. The van der Waals surface area contributed by atoms with Crippen LogP contribution in [0.1, 0.15) is 22.3 Å². The maximum atomic E-state index is 13.3. The monoisotopic (exact) mass is 584 g/mol. The van der Waals surface area contributed by atoms with Crippen molar-refractivity contribution < 1.29 is 23.9 Å². The molecule has 8 heteroatoms. The van der Waals surface area contributed by atoms with E-state index in [2.05, 4.69) is 39.4 Å². The van der Waals surface area contributed by atoms with Crippen LogP contribution in [0.3, 0.4) is 0 Å². The van der Waals surface area contributed by atoms with Crippen LogP contribution in [0.15, 0.2) is 82.8 Å². The number of fused-ring (bicyclic) bond motifs is 1. The van der Waals surface area contributed by atoms with Crippen LogP contribution in [-0.4, -0.2) is 25.0 Å². The van der Waals surface area contributed by atoms with Crippen LogP contribution in [0.4, 0.5) is 10.5 Å². The average Bonchev–Trinajstić information content (AvgIpc) is 2.89. The number of carbonyl (C=O) groups is 3. The summed E-state index contributed by atoms with van der Waals surface area (Å²) >= 11 is 3.54. The maximum absolute atomic E-state index is 13.3. The highest BCUT2D eigenvalue weighted by molar-refractivity contribution is 9.10. The molecule has 1 aliphatic rings. The molecule has 0 radical (unpaired) electrons. The van der Waals surface area contributed by atoms with E-state index in [1.165, 1.54) is 13.2 Å². The minimum absolute atomic E-state index is 0.174. The van der Waals surface area contributed by atoms with Gasteiger partial charge in [-0.1, -0.05) is 42.5 Å². The second-order valence-electron chi connectivity index (χ2n) is 9.31. The van der Waals surface area contributed by atoms with Gasteiger partial charge in [-0.25, -0.2) is 9.69 Å². The number of urea groups is 1. The summed E-state index contributed by atoms with van der Waals surface area (Å²) in [5.74, 6) is -0.569. The molecule has 196 valence electrons. The second-order valence-corrected chi connectivity index (χ2v) is 10.2. The number of hydrogen-bond donors (Lipinski definition) is 1. The Bertz CT molecular complexity index is 1660. The van der Waals surface area contributed by atoms with Crippen molar-refractivity contribution in [2.24, 2.45) is 0 Å². The number of amides is 4. The van der Waals surface area contributed by atoms with Crippen LogP contribution in [-0.2, 0) is 16.2 Å². The normalized spacial score (nSPS) is 14.6. The van der Waals surface area contributed by atoms with Crippen molar-refractivity contribution in [3.05, 3.63) is 105 Å². The molecular weight excluding hydrogens is 560 g/mol. The number of benzene rings is 4. The SMILES string of the molecule is COc1cc(/C=C2\C(=O)NC(=O)N(c3cc(C)cc(C)c3)C2=O)cc(Br)c1OCc1ccc2ccccc2c1. The predicted molar refractivity (Wildman–Crippen MR) is 154 cm³/mol. The first-order valence-corrected chi connectivity index (χ1v) is 13.0. The van der Waals surface area contributed by atoms with Gasteiger partial charge >= 0.3 is 6.03 Å². The van der Waals surface area contributed by atoms with Gasteiger partial charge < -0.3 is 9.47 Å². The van der Waals surface area contributed by atoms with Crippen molar-refractivity contribution in [1.29, 1.82) is 0 Å². The van der Waals surface area contributed by atoms with Crippen LogP contribution < -0.4 is 19.7 Å². The molecule has 0 spiro atoms. The zero-order valence-corrected chi connectivity index (χ0v) is 23.2. The molecule has 0 aromatic heterocycles. The summed E-state index contributed by atoms with van der Waals surface area (Å²) in [5, 5.41) is 4.53. The van der Waals surface area contributed by atoms with Gasteiger partial charge in [-0.2, -0.15) is 0 Å². The summed E-state index contributed by atoms with van der Waals surface area (Å²) in [6.45, 7) is 4.06. The first-order valence-electron chi connectivity index (χ1n) is 12.2. The molecule has 4 amide bonds. The molecule has 4 aromatic rings. The van der Waals surface area contributed by atoms with Gasteiger partial charge in [0.05, 0.1) is 17.3 Å². The van der Waals surface area contributed by atoms with Crippen molar-refractivity contribution in [3.8, 4) is 11.5 Å². The number of imide groups is 2. The Balaban J connectivity index is 1.43. The summed E-state index contributed by atoms with van der Waals surface area (Å²) in [6.07, 6.45) is 1.43. The fourth-order valence-corrected chi connectivity index (χ4v) is 5.16. The largest absolute Gasteiger partial charge is 0.493 e. The summed E-state index contributed by atoms with van der Waals surface area (Å²) < 4.78 is 12.3. The Hall–Kier alpha value is -4.43. The van der Waals surface area contributed by atoms with Gasteiger partial charge in [-0.05, 0) is 99.2 Å². The number of hydrogen-bond acceptors (Lipinski definition) is 5. The molecule has 1 N–H and O–H groups in total. The van der Waals surface area contributed by atoms with E-state index in [1.807, 2.05) is 44.2 Å². The van der Waals surface area contributed by atoms with Gasteiger partial charge in [0.2, 0.25) is 0 Å². The lowest BCUT2D eigenvalue weighted by Gasteiger charge is -2.27. The van der Waals surface area contributed by atoms with Crippen LogP contribution in [0.25, 0.3) is 16.8 Å². The number of ether oxygens (including phenoxy) is 2. The number of nitrogens with one attached hydrogen (secondary N) is 1. The van der Waals surface area contributed by atoms with Gasteiger partial charge in [-0.15, -0.1) is 0 Å². The Morgan fingerprint density at radius 1 is 0.897 bits per heavy atom. The van der Waals surface area contributed by atoms with Gasteiger partial charge in [0.1, 0.15) is 12.2 Å². The van der Waals surface area contributed by atoms with Crippen molar-refractivity contribution >= 4 is 56.3 Å². The molecule has 5 rings (SSSR count). The second kappa shape index (κ2) is 10.7. The van der Waals surface area contributed by atoms with Gasteiger partial charge in [0, 0.05) is 0 Å². The zero-order chi connectivity index (χ0) is 27.7. The Labute approximate surface area is 234 Å². The lowest BCUT2D eigenvalue weighted by atomic mass is 10.0. The Morgan fingerprint density at radius 3 is 2.33 bits per heavy atom. The highest BCUT2D eigenvalue weighted by Crippen LogP contribution is 2.38. The van der Waals surface area contributed by atoms with Gasteiger partial charge in [-0.3, -0.25) is 14.9 Å². The molecule has 0 bridgehead atoms. The maximum Gasteiger partial charge on any atom is 0.335 e. The first-order chi connectivity index (χ1) is 18.7. The molecule has 0 aliphatic carbocycles. The highest BCUT2D eigenvalue weighted by Gasteiger charge is 2.37. The molecule has 0 saturated carbocycles. The molecule has 1 saturated heterocycles. The number of rotatable bonds is 6. The lowest BCUT2D eigenvalue weighted by Crippen LogP contribution is -2.54. The minimum Gasteiger partial charge on any atom is -0.493 e. The molecule has 1 aliphatic heterocycles. The predicted octanol–water partition coefficient (Wildman–Crippen LogP) is 6.47. The first kappa shape index (κ1) is 26.2. The fraction of sp³-hybridized carbons (Fsp3) is 0.129. The van der Waals surface area contributed by atoms with Gasteiger partial charge in [0.25, 0.3) is 11.8 Å². The lowest BCUT2D eigenvalue weighted by molar-refractivity contribution is -0.122. The molecule has 1 heterocycles. The smallest absolute Gasteiger partial charge is 0.335 e. The minimum atomic E-state index is -0.789. The summed E-state index contributed by atoms with van der Waals surface area (Å²) in [5.41, 5.74) is 3.51. The number of halogens is 1. The van der Waals surface area contributed by atoms with Crippen LogP contribution >= 0.6 is 15.9 Å². The van der Waals surface area contributed by atoms with Crippen molar-refractivity contribution in [2.75, 3.05) is 12.0 Å². The number of methoxy groups -OCH3 is 1. The number of anilines is 1. The highest BCUT2D eigenvalue weighted by atomic mass is 79.9. The van der Waals surface area contributed by atoms with E-state index < -0.39 is 17.8 Å². The van der Waals surface area contributed by atoms with E-state index in [9.17, 15) is 14.4 Å². The number of nitrogens with zero attached hydrogens (tertiary/aromatic N) is 1. The van der Waals surface area contributed by atoms with Crippen molar-refractivity contribution in [2.45, 2.75) is 20.5 Å². The number of carbonyl (C=O) groups excluding carboxylic acids is 3. The summed E-state index contributed by atoms with van der Waals surface area (Å²) in [4.78, 5) is 39.6. The van der Waals surface area contributed by atoms with E-state index in [0.29, 0.717) is 33.8 Å². The van der Waals surface area contributed by atoms with Crippen molar-refractivity contribution in [3.63, 3.8) is 0 Å². The molecule has 0 atom stereocenters. The Morgan fingerprint density at radius 2 is 1.62 bits per heavy atom. The van der Waals surface area contributed by atoms with E-state index >= 15 is 0 Å². The number of barbiturate groups is 1. The van der Waals surface area contributed by atoms with Crippen LogP contribution in [0.2, 0.25) is 0 Å². The van der Waals surface area contributed by atoms with E-state index in [1.54, 1.807) is 24.3 Å². The Kier molecular flexibility index (Phi) is 7.21. The molecular formula is C31H25BrN2O5. The molecule has 0 unspecified atom stereocenters. The molecule has 7 nitrogen and oxygen atoms in total. The van der Waals surface area contributed by atoms with E-state index in [0.717, 1.165) is 32.4 Å². The van der Waals surface area contributed by atoms with E-state index in [4.69, 9.17) is 9.47 Å². The summed E-state index contributed by atoms with van der Waals surface area (Å²) in [6, 6.07) is 22.2. The van der Waals surface area contributed by atoms with Crippen molar-refractivity contribution in [1.82, 2.24) is 5.32 Å². The number of aryl methyl sites for hydroxylation is 2. The molecule has 1 fully saturated rings. The standard InChI is InChI=1S/C31H25BrN2O5/c1-18-10-19(2)12-24(11-18)34-30(36)25(29(35)33-31(34)37)14-21-15-26(32)28(27(16-21)38-3)39-17-20-8-9-22-6-4-5-7-23(22)13-20/h4-16H,17H2,1-3H3,(H,33,35,37)/b25-14+. The fourth-order valence-electron chi connectivity index (χ4n) is 4.59. The third kappa shape index (κ3) is 5.42. The average molecular weight is 585 g/mol. The third-order valence-electron chi connectivity index (χ3n) is 6.33. The quantitative estimate of drug-likeness (QED) is 0.207. The topological polar surface area (TPSA) is 84.9 Å². The van der Waals surface area contributed by atoms with Crippen LogP contribution in [0, 0.1) is 13.8 Å². The third-order valence-corrected chi connectivity index (χ3v) is 6.92. The molecule has 39 heavy (non-hydrogen) atoms. The van der Waals surface area contributed by atoms with E-state index in [-0.39, 0.29) is 5.57 Å².